The SMILES string of the molecule is CCOC(=O)C1=C(C)NC(CO)=C(C(=O)OCC)C1c1ccc[n+]([O-])c1C. The average Bonchev–Trinajstić information content (AvgIpc) is 2.63. The second kappa shape index (κ2) is 8.68. The molecule has 1 aromatic heterocycles. The van der Waals surface area contributed by atoms with E-state index in [1.54, 1.807) is 33.8 Å². The van der Waals surface area contributed by atoms with Crippen molar-refractivity contribution in [1.29, 1.82) is 0 Å². The largest absolute Gasteiger partial charge is 0.619 e. The molecule has 146 valence electrons. The lowest BCUT2D eigenvalue weighted by Crippen LogP contribution is -2.37. The quantitative estimate of drug-likeness (QED) is 0.432. The van der Waals surface area contributed by atoms with E-state index in [9.17, 15) is 19.9 Å². The molecule has 1 aromatic rings. The summed E-state index contributed by atoms with van der Waals surface area (Å²) in [6.07, 6.45) is 1.33. The molecular formula is C19H24N2O6. The van der Waals surface area contributed by atoms with Crippen molar-refractivity contribution in [2.24, 2.45) is 0 Å². The maximum atomic E-state index is 12.7. The Hall–Kier alpha value is -2.87. The third kappa shape index (κ3) is 3.95. The number of aliphatic hydroxyl groups excluding tert-OH is 1. The summed E-state index contributed by atoms with van der Waals surface area (Å²) in [6.45, 7) is 6.42. The molecule has 0 aromatic carbocycles. The van der Waals surface area contributed by atoms with Gasteiger partial charge in [0.25, 0.3) is 0 Å². The van der Waals surface area contributed by atoms with Gasteiger partial charge in [0.15, 0.2) is 11.9 Å². The molecule has 0 saturated heterocycles. The highest BCUT2D eigenvalue weighted by Crippen LogP contribution is 2.39. The van der Waals surface area contributed by atoms with Crippen LogP contribution in [0.1, 0.15) is 37.9 Å². The normalized spacial score (nSPS) is 16.9. The van der Waals surface area contributed by atoms with Crippen LogP contribution in [0, 0.1) is 12.1 Å². The molecule has 0 aliphatic carbocycles. The van der Waals surface area contributed by atoms with Crippen molar-refractivity contribution < 1.29 is 28.9 Å². The zero-order valence-corrected chi connectivity index (χ0v) is 15.9. The van der Waals surface area contributed by atoms with Crippen LogP contribution in [0.2, 0.25) is 0 Å². The van der Waals surface area contributed by atoms with Crippen LogP contribution in [0.5, 0.6) is 0 Å². The Kier molecular flexibility index (Phi) is 6.57. The zero-order valence-electron chi connectivity index (χ0n) is 15.9. The molecule has 1 atom stereocenters. The third-order valence-corrected chi connectivity index (χ3v) is 4.35. The van der Waals surface area contributed by atoms with Gasteiger partial charge >= 0.3 is 11.9 Å². The Labute approximate surface area is 157 Å². The van der Waals surface area contributed by atoms with Crippen molar-refractivity contribution in [3.8, 4) is 0 Å². The van der Waals surface area contributed by atoms with Crippen molar-refractivity contribution in [1.82, 2.24) is 5.32 Å². The van der Waals surface area contributed by atoms with E-state index >= 15 is 0 Å². The molecule has 27 heavy (non-hydrogen) atoms. The van der Waals surface area contributed by atoms with Crippen molar-refractivity contribution in [2.75, 3.05) is 19.8 Å². The molecule has 8 nitrogen and oxygen atoms in total. The minimum Gasteiger partial charge on any atom is -0.619 e. The van der Waals surface area contributed by atoms with E-state index in [4.69, 9.17) is 9.47 Å². The van der Waals surface area contributed by atoms with Gasteiger partial charge in [-0.1, -0.05) is 0 Å². The Bertz CT molecular complexity index is 812. The summed E-state index contributed by atoms with van der Waals surface area (Å²) in [4.78, 5) is 25.4. The Morgan fingerprint density at radius 1 is 1.19 bits per heavy atom. The lowest BCUT2D eigenvalue weighted by Gasteiger charge is -2.31. The van der Waals surface area contributed by atoms with Crippen molar-refractivity contribution in [2.45, 2.75) is 33.6 Å². The zero-order chi connectivity index (χ0) is 20.1. The average molecular weight is 376 g/mol. The van der Waals surface area contributed by atoms with E-state index in [1.807, 2.05) is 0 Å². The predicted octanol–water partition coefficient (Wildman–Crippen LogP) is 0.962. The second-order valence-electron chi connectivity index (χ2n) is 5.96. The molecule has 1 aliphatic heterocycles. The summed E-state index contributed by atoms with van der Waals surface area (Å²) in [5.41, 5.74) is 1.75. The Morgan fingerprint density at radius 3 is 2.33 bits per heavy atom. The summed E-state index contributed by atoms with van der Waals surface area (Å²) >= 11 is 0. The monoisotopic (exact) mass is 376 g/mol. The number of rotatable bonds is 6. The maximum Gasteiger partial charge on any atom is 0.336 e. The fourth-order valence-corrected chi connectivity index (χ4v) is 3.15. The minimum atomic E-state index is -0.895. The number of carbonyl (C=O) groups excluding carboxylic acids is 2. The topological polar surface area (TPSA) is 112 Å². The van der Waals surface area contributed by atoms with Gasteiger partial charge in [0.2, 0.25) is 0 Å². The molecule has 0 spiro atoms. The summed E-state index contributed by atoms with van der Waals surface area (Å²) in [6, 6.07) is 3.21. The van der Waals surface area contributed by atoms with Crippen LogP contribution in [0.25, 0.3) is 0 Å². The highest BCUT2D eigenvalue weighted by molar-refractivity contribution is 6.00. The smallest absolute Gasteiger partial charge is 0.336 e. The second-order valence-corrected chi connectivity index (χ2v) is 5.96. The Morgan fingerprint density at radius 2 is 1.78 bits per heavy atom. The van der Waals surface area contributed by atoms with E-state index in [0.29, 0.717) is 21.7 Å². The van der Waals surface area contributed by atoms with Crippen molar-refractivity contribution >= 4 is 11.9 Å². The van der Waals surface area contributed by atoms with E-state index in [1.165, 1.54) is 12.3 Å². The fraction of sp³-hybridized carbons (Fsp3) is 0.421. The van der Waals surface area contributed by atoms with E-state index in [0.717, 1.165) is 0 Å². The Balaban J connectivity index is 2.76. The van der Waals surface area contributed by atoms with E-state index in [2.05, 4.69) is 5.32 Å². The van der Waals surface area contributed by atoms with Gasteiger partial charge in [0.1, 0.15) is 0 Å². The lowest BCUT2D eigenvalue weighted by atomic mass is 9.79. The van der Waals surface area contributed by atoms with Gasteiger partial charge in [0.05, 0.1) is 42.6 Å². The first-order valence-electron chi connectivity index (χ1n) is 8.71. The standard InChI is InChI=1S/C19H24N2O6/c1-5-26-18(23)15-11(3)20-14(10-22)17(19(24)27-6-2)16(15)13-8-7-9-21(25)12(13)4/h7-9,16,20,22H,5-6,10H2,1-4H3. The molecule has 0 radical (unpaired) electrons. The van der Waals surface area contributed by atoms with Crippen LogP contribution in [-0.4, -0.2) is 36.9 Å². The van der Waals surface area contributed by atoms with Crippen LogP contribution in [-0.2, 0) is 19.1 Å². The highest BCUT2D eigenvalue weighted by atomic mass is 16.5. The van der Waals surface area contributed by atoms with Crippen LogP contribution in [0.4, 0.5) is 0 Å². The number of hydrogen-bond donors (Lipinski definition) is 2. The van der Waals surface area contributed by atoms with Crippen molar-refractivity contribution in [3.63, 3.8) is 0 Å². The van der Waals surface area contributed by atoms with Gasteiger partial charge in [-0.15, -0.1) is 0 Å². The van der Waals surface area contributed by atoms with Gasteiger partial charge in [-0.25, -0.2) is 9.59 Å². The molecular weight excluding hydrogens is 352 g/mol. The number of esters is 2. The first kappa shape index (κ1) is 20.4. The summed E-state index contributed by atoms with van der Waals surface area (Å²) in [7, 11) is 0. The predicted molar refractivity (Wildman–Crippen MR) is 96.1 cm³/mol. The maximum absolute atomic E-state index is 12.7. The molecule has 0 amide bonds. The first-order valence-corrected chi connectivity index (χ1v) is 8.71. The molecule has 0 saturated carbocycles. The van der Waals surface area contributed by atoms with Crippen LogP contribution in [0.3, 0.4) is 0 Å². The van der Waals surface area contributed by atoms with Gasteiger partial charge in [-0.3, -0.25) is 0 Å². The molecule has 0 fully saturated rings. The number of allylic oxidation sites excluding steroid dienone is 1. The molecule has 2 rings (SSSR count). The van der Waals surface area contributed by atoms with Crippen LogP contribution < -0.4 is 10.0 Å². The van der Waals surface area contributed by atoms with Crippen LogP contribution in [0.15, 0.2) is 40.9 Å². The number of nitrogens with zero attached hydrogens (tertiary/aromatic N) is 1. The van der Waals surface area contributed by atoms with Gasteiger partial charge < -0.3 is 25.1 Å². The molecule has 1 unspecified atom stereocenters. The number of dihydropyridines is 1. The fourth-order valence-electron chi connectivity index (χ4n) is 3.15. The number of aliphatic hydroxyl groups is 1. The molecule has 2 heterocycles. The number of aromatic nitrogens is 1. The third-order valence-electron chi connectivity index (χ3n) is 4.35. The number of nitrogens with one attached hydrogen (secondary N) is 1. The number of hydrogen-bond acceptors (Lipinski definition) is 7. The molecule has 8 heteroatoms. The first-order chi connectivity index (χ1) is 12.9. The van der Waals surface area contributed by atoms with Gasteiger partial charge in [-0.05, 0) is 26.8 Å². The van der Waals surface area contributed by atoms with E-state index in [-0.39, 0.29) is 30.1 Å². The summed E-state index contributed by atoms with van der Waals surface area (Å²) < 4.78 is 11.0. The lowest BCUT2D eigenvalue weighted by molar-refractivity contribution is -0.612. The summed E-state index contributed by atoms with van der Waals surface area (Å²) in [5.74, 6) is -2.17. The summed E-state index contributed by atoms with van der Waals surface area (Å²) in [5, 5.41) is 24.8. The van der Waals surface area contributed by atoms with Gasteiger partial charge in [0, 0.05) is 24.3 Å². The van der Waals surface area contributed by atoms with E-state index < -0.39 is 24.5 Å². The number of ether oxygens (including phenoxy) is 2. The van der Waals surface area contributed by atoms with Gasteiger partial charge in [-0.2, -0.15) is 4.73 Å². The molecule has 2 N–H and O–H groups in total. The van der Waals surface area contributed by atoms with Crippen molar-refractivity contribution in [3.05, 3.63) is 57.3 Å². The highest BCUT2D eigenvalue weighted by Gasteiger charge is 2.40. The number of carbonyl (C=O) groups is 2. The minimum absolute atomic E-state index is 0.0855. The molecule has 1 aliphatic rings. The molecule has 0 bridgehead atoms. The number of pyridine rings is 1. The van der Waals surface area contributed by atoms with Crippen LogP contribution >= 0.6 is 0 Å².